The van der Waals surface area contributed by atoms with Gasteiger partial charge in [-0.1, -0.05) is 0 Å². The summed E-state index contributed by atoms with van der Waals surface area (Å²) in [5.74, 6) is 1.50. The van der Waals surface area contributed by atoms with Crippen molar-refractivity contribution in [2.24, 2.45) is 7.05 Å². The second-order valence-electron chi connectivity index (χ2n) is 3.91. The van der Waals surface area contributed by atoms with Crippen LogP contribution in [0.3, 0.4) is 0 Å². The fourth-order valence-electron chi connectivity index (χ4n) is 1.70. The lowest BCUT2D eigenvalue weighted by molar-refractivity contribution is 0.698. The summed E-state index contributed by atoms with van der Waals surface area (Å²) >= 11 is 0. The maximum Gasteiger partial charge on any atom is 0.200 e. The lowest BCUT2D eigenvalue weighted by Crippen LogP contribution is -2.13. The first kappa shape index (κ1) is 10.6. The highest BCUT2D eigenvalue weighted by molar-refractivity contribution is 5.42. The molecule has 92 valence electrons. The highest BCUT2D eigenvalue weighted by Crippen LogP contribution is 2.14. The van der Waals surface area contributed by atoms with E-state index in [1.807, 2.05) is 24.6 Å². The zero-order chi connectivity index (χ0) is 12.5. The Bertz CT molecular complexity index is 669. The van der Waals surface area contributed by atoms with Gasteiger partial charge in [-0.2, -0.15) is 0 Å². The Morgan fingerprint density at radius 3 is 2.94 bits per heavy atom. The zero-order valence-corrected chi connectivity index (χ0v) is 9.89. The van der Waals surface area contributed by atoms with Crippen molar-refractivity contribution in [3.8, 4) is 0 Å². The van der Waals surface area contributed by atoms with Crippen molar-refractivity contribution in [1.29, 1.82) is 0 Å². The molecular formula is C9H11N9. The minimum Gasteiger partial charge on any atom is -0.359 e. The van der Waals surface area contributed by atoms with Crippen LogP contribution in [0.2, 0.25) is 0 Å². The summed E-state index contributed by atoms with van der Waals surface area (Å²) < 4.78 is 3.22. The first-order valence-corrected chi connectivity index (χ1v) is 5.40. The minimum atomic E-state index is -0.0149. The Morgan fingerprint density at radius 2 is 2.17 bits per heavy atom. The number of hydrogen-bond donors (Lipinski definition) is 1. The Kier molecular flexibility index (Phi) is 2.36. The van der Waals surface area contributed by atoms with E-state index in [-0.39, 0.29) is 6.04 Å². The lowest BCUT2D eigenvalue weighted by atomic mass is 10.3. The van der Waals surface area contributed by atoms with E-state index in [1.54, 1.807) is 12.4 Å². The molecule has 0 amide bonds. The summed E-state index contributed by atoms with van der Waals surface area (Å²) in [6, 6.07) is 3.59. The van der Waals surface area contributed by atoms with Gasteiger partial charge in [0.2, 0.25) is 0 Å². The fraction of sp³-hybridized carbons (Fsp3) is 0.333. The summed E-state index contributed by atoms with van der Waals surface area (Å²) in [4.78, 5) is 0. The number of hydrogen-bond acceptors (Lipinski definition) is 7. The van der Waals surface area contributed by atoms with E-state index in [0.29, 0.717) is 11.5 Å². The molecule has 18 heavy (non-hydrogen) atoms. The summed E-state index contributed by atoms with van der Waals surface area (Å²) in [7, 11) is 1.89. The molecule has 0 saturated carbocycles. The molecular weight excluding hydrogens is 234 g/mol. The van der Waals surface area contributed by atoms with Crippen LogP contribution < -0.4 is 5.32 Å². The molecule has 1 unspecified atom stereocenters. The Balaban J connectivity index is 1.85. The molecule has 0 fully saturated rings. The number of rotatable bonds is 3. The van der Waals surface area contributed by atoms with Gasteiger partial charge in [0, 0.05) is 7.05 Å². The fourth-order valence-corrected chi connectivity index (χ4v) is 1.70. The number of tetrazole rings is 1. The summed E-state index contributed by atoms with van der Waals surface area (Å²) in [5.41, 5.74) is 0.604. The minimum absolute atomic E-state index is 0.0149. The van der Waals surface area contributed by atoms with E-state index in [9.17, 15) is 0 Å². The maximum absolute atomic E-state index is 4.23. The van der Waals surface area contributed by atoms with Gasteiger partial charge in [-0.25, -0.2) is 0 Å². The summed E-state index contributed by atoms with van der Waals surface area (Å²) in [5, 5.41) is 26.4. The number of anilines is 1. The first-order valence-electron chi connectivity index (χ1n) is 5.40. The molecule has 3 aromatic heterocycles. The molecule has 0 bridgehead atoms. The number of nitrogens with one attached hydrogen (secondary N) is 1. The highest BCUT2D eigenvalue weighted by Gasteiger charge is 2.12. The molecule has 0 aliphatic rings. The molecule has 0 radical (unpaired) electrons. The van der Waals surface area contributed by atoms with Gasteiger partial charge >= 0.3 is 0 Å². The molecule has 9 nitrogen and oxygen atoms in total. The predicted molar refractivity (Wildman–Crippen MR) is 61.6 cm³/mol. The van der Waals surface area contributed by atoms with E-state index in [1.165, 1.54) is 4.63 Å². The van der Waals surface area contributed by atoms with Crippen molar-refractivity contribution >= 4 is 11.5 Å². The quantitative estimate of drug-likeness (QED) is 0.683. The van der Waals surface area contributed by atoms with Crippen molar-refractivity contribution in [2.45, 2.75) is 13.0 Å². The van der Waals surface area contributed by atoms with E-state index in [0.717, 1.165) is 5.82 Å². The topological polar surface area (TPSA) is 98.7 Å². The molecule has 0 aliphatic carbocycles. The average molecular weight is 245 g/mol. The van der Waals surface area contributed by atoms with Gasteiger partial charge in [0.05, 0.1) is 6.04 Å². The number of aryl methyl sites for hydroxylation is 1. The van der Waals surface area contributed by atoms with Gasteiger partial charge in [-0.3, -0.25) is 0 Å². The number of fused-ring (bicyclic) bond motifs is 1. The SMILES string of the molecule is CC(Nc1ccc2nnnn2n1)c1nncn1C. The van der Waals surface area contributed by atoms with E-state index >= 15 is 0 Å². The van der Waals surface area contributed by atoms with Crippen LogP contribution in [0, 0.1) is 0 Å². The Morgan fingerprint density at radius 1 is 1.28 bits per heavy atom. The van der Waals surface area contributed by atoms with Gasteiger partial charge in [-0.05, 0) is 29.5 Å². The molecule has 3 rings (SSSR count). The second-order valence-corrected chi connectivity index (χ2v) is 3.91. The maximum atomic E-state index is 4.23. The van der Waals surface area contributed by atoms with E-state index in [2.05, 4.69) is 36.1 Å². The molecule has 3 aromatic rings. The van der Waals surface area contributed by atoms with Gasteiger partial charge in [0.25, 0.3) is 0 Å². The average Bonchev–Trinajstić information content (AvgIpc) is 2.96. The van der Waals surface area contributed by atoms with Gasteiger partial charge < -0.3 is 9.88 Å². The standard InChI is InChI=1S/C9H11N9/c1-6(9-13-10-5-17(9)2)11-7-3-4-8-12-15-16-18(8)14-7/h3-6H,1-2H3,(H,11,14). The van der Waals surface area contributed by atoms with Gasteiger partial charge in [-0.15, -0.1) is 25.0 Å². The molecule has 9 heteroatoms. The van der Waals surface area contributed by atoms with Crippen LogP contribution >= 0.6 is 0 Å². The van der Waals surface area contributed by atoms with Crippen LogP contribution in [0.15, 0.2) is 18.5 Å². The van der Waals surface area contributed by atoms with Crippen LogP contribution in [-0.2, 0) is 7.05 Å². The molecule has 1 atom stereocenters. The van der Waals surface area contributed by atoms with Crippen LogP contribution in [0.5, 0.6) is 0 Å². The van der Waals surface area contributed by atoms with Gasteiger partial charge in [0.1, 0.15) is 12.1 Å². The third kappa shape index (κ3) is 1.75. The second kappa shape index (κ2) is 4.02. The zero-order valence-electron chi connectivity index (χ0n) is 9.89. The number of nitrogens with zero attached hydrogens (tertiary/aromatic N) is 8. The van der Waals surface area contributed by atoms with E-state index in [4.69, 9.17) is 0 Å². The highest BCUT2D eigenvalue weighted by atomic mass is 15.6. The van der Waals surface area contributed by atoms with Crippen LogP contribution in [-0.4, -0.2) is 40.0 Å². The van der Waals surface area contributed by atoms with Gasteiger partial charge in [0.15, 0.2) is 11.5 Å². The predicted octanol–water partition coefficient (Wildman–Crippen LogP) is -0.179. The van der Waals surface area contributed by atoms with Crippen LogP contribution in [0.1, 0.15) is 18.8 Å². The van der Waals surface area contributed by atoms with Crippen molar-refractivity contribution in [2.75, 3.05) is 5.32 Å². The van der Waals surface area contributed by atoms with Crippen molar-refractivity contribution in [1.82, 2.24) is 40.0 Å². The number of aromatic nitrogens is 8. The van der Waals surface area contributed by atoms with Crippen molar-refractivity contribution in [3.63, 3.8) is 0 Å². The largest absolute Gasteiger partial charge is 0.359 e. The molecule has 0 spiro atoms. The molecule has 3 heterocycles. The lowest BCUT2D eigenvalue weighted by Gasteiger charge is -2.12. The van der Waals surface area contributed by atoms with Crippen LogP contribution in [0.4, 0.5) is 5.82 Å². The summed E-state index contributed by atoms with van der Waals surface area (Å²) in [6.07, 6.45) is 1.66. The Hall–Kier alpha value is -2.58. The van der Waals surface area contributed by atoms with Crippen molar-refractivity contribution in [3.05, 3.63) is 24.3 Å². The summed E-state index contributed by atoms with van der Waals surface area (Å²) in [6.45, 7) is 1.98. The molecule has 0 saturated heterocycles. The monoisotopic (exact) mass is 245 g/mol. The Labute approximate surface area is 102 Å². The van der Waals surface area contributed by atoms with Crippen molar-refractivity contribution < 1.29 is 0 Å². The normalized spacial score (nSPS) is 12.8. The molecule has 0 aromatic carbocycles. The molecule has 0 aliphatic heterocycles. The molecule has 1 N–H and O–H groups in total. The van der Waals surface area contributed by atoms with Crippen LogP contribution in [0.25, 0.3) is 5.65 Å². The third-order valence-corrected chi connectivity index (χ3v) is 2.57. The van der Waals surface area contributed by atoms with E-state index < -0.39 is 0 Å². The smallest absolute Gasteiger partial charge is 0.200 e. The third-order valence-electron chi connectivity index (χ3n) is 2.57. The first-order chi connectivity index (χ1) is 8.74.